The van der Waals surface area contributed by atoms with Gasteiger partial charge in [-0.1, -0.05) is 19.1 Å². The molecule has 1 rings (SSSR count). The summed E-state index contributed by atoms with van der Waals surface area (Å²) in [6.07, 6.45) is 0.761. The van der Waals surface area contributed by atoms with Crippen LogP contribution < -0.4 is 4.52 Å². The quantitative estimate of drug-likeness (QED) is 0.748. The first-order valence-corrected chi connectivity index (χ1v) is 5.08. The van der Waals surface area contributed by atoms with Crippen molar-refractivity contribution in [2.75, 3.05) is 0 Å². The zero-order chi connectivity index (χ0) is 10.6. The van der Waals surface area contributed by atoms with Gasteiger partial charge in [0.2, 0.25) is 0 Å². The van der Waals surface area contributed by atoms with E-state index in [1.165, 1.54) is 0 Å². The minimum Gasteiger partial charge on any atom is -0.479 e. The Labute approximate surface area is 87.7 Å². The molecule has 2 unspecified atom stereocenters. The van der Waals surface area contributed by atoms with Gasteiger partial charge in [0.15, 0.2) is 0 Å². The van der Waals surface area contributed by atoms with Crippen LogP contribution in [-0.2, 0) is 10.9 Å². The van der Waals surface area contributed by atoms with Crippen LogP contribution in [0.2, 0.25) is 0 Å². The molecule has 14 heavy (non-hydrogen) atoms. The van der Waals surface area contributed by atoms with Crippen molar-refractivity contribution >= 4 is 24.9 Å². The lowest BCUT2D eigenvalue weighted by atomic mass is 10.0. The normalized spacial score (nSPS) is 9.64. The summed E-state index contributed by atoms with van der Waals surface area (Å²) in [6, 6.07) is 5.45. The van der Waals surface area contributed by atoms with Crippen molar-refractivity contribution in [2.24, 2.45) is 0 Å². The molecule has 0 aromatic heterocycles. The van der Waals surface area contributed by atoms with Gasteiger partial charge in [-0.15, -0.1) is 0 Å². The van der Waals surface area contributed by atoms with Gasteiger partial charge in [0.05, 0.1) is 18.9 Å². The minimum atomic E-state index is -0.398. The van der Waals surface area contributed by atoms with Gasteiger partial charge in [-0.3, -0.25) is 0 Å². The second kappa shape index (κ2) is 5.29. The van der Waals surface area contributed by atoms with Crippen molar-refractivity contribution in [3.05, 3.63) is 29.3 Å². The van der Waals surface area contributed by atoms with Crippen LogP contribution in [0.25, 0.3) is 0 Å². The summed E-state index contributed by atoms with van der Waals surface area (Å²) in [4.78, 5) is 11.4. The smallest absolute Gasteiger partial charge is 0.344 e. The molecular weight excluding hydrogens is 218 g/mol. The van der Waals surface area contributed by atoms with Gasteiger partial charge < -0.3 is 9.05 Å². The van der Waals surface area contributed by atoms with Crippen LogP contribution in [0, 0.1) is 0 Å². The molecule has 0 aliphatic rings. The van der Waals surface area contributed by atoms with E-state index in [4.69, 9.17) is 4.52 Å². The molecule has 76 valence electrons. The van der Waals surface area contributed by atoms with Crippen molar-refractivity contribution in [1.29, 1.82) is 0 Å². The molecule has 0 heterocycles. The van der Waals surface area contributed by atoms with E-state index in [0.717, 1.165) is 12.0 Å². The van der Waals surface area contributed by atoms with E-state index in [2.05, 4.69) is 14.0 Å². The van der Waals surface area contributed by atoms with E-state index < -0.39 is 5.97 Å². The third-order valence-corrected chi connectivity index (χ3v) is 2.40. The van der Waals surface area contributed by atoms with Gasteiger partial charge in [0, 0.05) is 0 Å². The number of hydrogen-bond acceptors (Lipinski definition) is 3. The molecule has 0 saturated heterocycles. The van der Waals surface area contributed by atoms with Crippen molar-refractivity contribution in [3.63, 3.8) is 0 Å². The van der Waals surface area contributed by atoms with Crippen molar-refractivity contribution in [3.8, 4) is 5.75 Å². The third-order valence-electron chi connectivity index (χ3n) is 1.93. The second-order valence-electron chi connectivity index (χ2n) is 2.67. The number of rotatable bonds is 3. The number of hydrogen-bond donors (Lipinski definition) is 0. The predicted molar refractivity (Wildman–Crippen MR) is 61.3 cm³/mol. The number of carbonyl (C=O) groups excluding carboxylic acids is 1. The Bertz CT molecular complexity index is 317. The average Bonchev–Trinajstić information content (AvgIpc) is 2.26. The van der Waals surface area contributed by atoms with Crippen LogP contribution in [-0.4, -0.2) is 5.97 Å². The molecule has 0 aliphatic heterocycles. The highest BCUT2D eigenvalue weighted by Gasteiger charge is 2.16. The van der Waals surface area contributed by atoms with Gasteiger partial charge in [-0.2, -0.15) is 0 Å². The summed E-state index contributed by atoms with van der Waals surface area (Å²) in [7, 11) is 4.06. The van der Waals surface area contributed by atoms with E-state index in [9.17, 15) is 4.79 Å². The Morgan fingerprint density at radius 3 is 2.64 bits per heavy atom. The summed E-state index contributed by atoms with van der Waals surface area (Å²) in [5, 5.41) is 0. The lowest BCUT2D eigenvalue weighted by molar-refractivity contribution is 0.0763. The molecule has 0 bridgehead atoms. The fourth-order valence-electron chi connectivity index (χ4n) is 1.26. The Morgan fingerprint density at radius 1 is 1.43 bits per heavy atom. The number of aryl methyl sites for hydroxylation is 1. The lowest BCUT2D eigenvalue weighted by Gasteiger charge is -2.09. The standard InChI is InChI=1S/C9H12O3P2/c1-2-6-4-3-5-7(11-13)8(6)9(10)12-14/h3-5H,2,13-14H2,1H3. The van der Waals surface area contributed by atoms with Crippen molar-refractivity contribution in [2.45, 2.75) is 13.3 Å². The van der Waals surface area contributed by atoms with Gasteiger partial charge >= 0.3 is 5.97 Å². The van der Waals surface area contributed by atoms with Gasteiger partial charge in [-0.05, 0) is 18.1 Å². The molecule has 0 spiro atoms. The largest absolute Gasteiger partial charge is 0.479 e. The molecular formula is C9H12O3P2. The monoisotopic (exact) mass is 230 g/mol. The molecule has 1 aromatic carbocycles. The molecule has 0 N–H and O–H groups in total. The van der Waals surface area contributed by atoms with Gasteiger partial charge in [0.1, 0.15) is 11.3 Å². The summed E-state index contributed by atoms with van der Waals surface area (Å²) >= 11 is 0. The van der Waals surface area contributed by atoms with Crippen LogP contribution in [0.1, 0.15) is 22.8 Å². The number of benzene rings is 1. The highest BCUT2D eigenvalue weighted by atomic mass is 31.0. The zero-order valence-corrected chi connectivity index (χ0v) is 10.1. The summed E-state index contributed by atoms with van der Waals surface area (Å²) < 4.78 is 9.63. The molecule has 3 nitrogen and oxygen atoms in total. The van der Waals surface area contributed by atoms with Crippen LogP contribution in [0.3, 0.4) is 0 Å². The highest BCUT2D eigenvalue weighted by molar-refractivity contribution is 7.11. The van der Waals surface area contributed by atoms with E-state index >= 15 is 0 Å². The predicted octanol–water partition coefficient (Wildman–Crippen LogP) is 2.36. The topological polar surface area (TPSA) is 35.5 Å². The van der Waals surface area contributed by atoms with E-state index in [1.54, 1.807) is 6.07 Å². The fourth-order valence-corrected chi connectivity index (χ4v) is 1.57. The average molecular weight is 230 g/mol. The Morgan fingerprint density at radius 2 is 2.14 bits per heavy atom. The maximum atomic E-state index is 11.4. The maximum absolute atomic E-state index is 11.4. The van der Waals surface area contributed by atoms with Crippen LogP contribution in [0.5, 0.6) is 5.75 Å². The van der Waals surface area contributed by atoms with Crippen LogP contribution in [0.4, 0.5) is 0 Å². The van der Waals surface area contributed by atoms with Crippen molar-refractivity contribution < 1.29 is 13.8 Å². The first-order valence-electron chi connectivity index (χ1n) is 4.14. The number of carbonyl (C=O) groups is 1. The van der Waals surface area contributed by atoms with Gasteiger partial charge in [-0.25, -0.2) is 4.79 Å². The van der Waals surface area contributed by atoms with E-state index in [0.29, 0.717) is 11.3 Å². The Kier molecular flexibility index (Phi) is 4.31. The van der Waals surface area contributed by atoms with E-state index in [1.807, 2.05) is 28.5 Å². The highest BCUT2D eigenvalue weighted by Crippen LogP contribution is 2.25. The second-order valence-corrected chi connectivity index (χ2v) is 3.14. The molecule has 2 atom stereocenters. The molecule has 0 radical (unpaired) electrons. The van der Waals surface area contributed by atoms with Crippen molar-refractivity contribution in [1.82, 2.24) is 0 Å². The Balaban J connectivity index is 3.25. The summed E-state index contributed by atoms with van der Waals surface area (Å²) in [5.41, 5.74) is 1.40. The summed E-state index contributed by atoms with van der Waals surface area (Å²) in [6.45, 7) is 1.97. The zero-order valence-electron chi connectivity index (χ0n) is 7.82. The first kappa shape index (κ1) is 11.4. The molecule has 0 amide bonds. The van der Waals surface area contributed by atoms with Crippen LogP contribution in [0.15, 0.2) is 18.2 Å². The SMILES string of the molecule is CCc1cccc(OP)c1C(=O)OP. The molecule has 0 aliphatic carbocycles. The Hall–Kier alpha value is -0.650. The fraction of sp³-hybridized carbons (Fsp3) is 0.222. The lowest BCUT2D eigenvalue weighted by Crippen LogP contribution is -2.04. The molecule has 0 fully saturated rings. The molecule has 1 aromatic rings. The van der Waals surface area contributed by atoms with Gasteiger partial charge in [0.25, 0.3) is 0 Å². The molecule has 5 heteroatoms. The maximum Gasteiger partial charge on any atom is 0.344 e. The van der Waals surface area contributed by atoms with E-state index in [-0.39, 0.29) is 0 Å². The third kappa shape index (κ3) is 2.23. The summed E-state index contributed by atoms with van der Waals surface area (Å²) in [5.74, 6) is 0.117. The minimum absolute atomic E-state index is 0.398. The van der Waals surface area contributed by atoms with Crippen LogP contribution >= 0.6 is 18.9 Å². The molecule has 0 saturated carbocycles. The first-order chi connectivity index (χ1) is 6.74.